The quantitative estimate of drug-likeness (QED) is 0.757. The van der Waals surface area contributed by atoms with E-state index in [0.717, 1.165) is 21.1 Å². The molecule has 0 aliphatic carbocycles. The molecule has 2 heterocycles. The minimum absolute atomic E-state index is 0.281. The lowest BCUT2D eigenvalue weighted by molar-refractivity contribution is 0.102. The number of para-hydroxylation sites is 1. The zero-order valence-corrected chi connectivity index (χ0v) is 12.2. The SMILES string of the molecule is Cc1nc(NC(=O)c2n[nH]c3ccccc23)ccc1Br. The van der Waals surface area contributed by atoms with E-state index in [0.29, 0.717) is 11.5 Å². The maximum Gasteiger partial charge on any atom is 0.277 e. The number of pyridine rings is 1. The molecule has 0 aliphatic rings. The van der Waals surface area contributed by atoms with Gasteiger partial charge in [-0.1, -0.05) is 18.2 Å². The lowest BCUT2D eigenvalue weighted by atomic mass is 10.2. The van der Waals surface area contributed by atoms with Gasteiger partial charge in [-0.3, -0.25) is 9.89 Å². The fourth-order valence-corrected chi connectivity index (χ4v) is 2.15. The number of rotatable bonds is 2. The van der Waals surface area contributed by atoms with Crippen molar-refractivity contribution >= 4 is 38.6 Å². The number of carbonyl (C=O) groups is 1. The number of hydrogen-bond donors (Lipinski definition) is 2. The van der Waals surface area contributed by atoms with Crippen LogP contribution >= 0.6 is 15.9 Å². The summed E-state index contributed by atoms with van der Waals surface area (Å²) in [4.78, 5) is 16.5. The summed E-state index contributed by atoms with van der Waals surface area (Å²) in [6.45, 7) is 1.86. The number of anilines is 1. The number of halogens is 1. The molecule has 0 aliphatic heterocycles. The molecule has 6 heteroatoms. The number of nitrogens with zero attached hydrogens (tertiary/aromatic N) is 2. The topological polar surface area (TPSA) is 70.7 Å². The average molecular weight is 331 g/mol. The van der Waals surface area contributed by atoms with Crippen molar-refractivity contribution in [2.75, 3.05) is 5.32 Å². The van der Waals surface area contributed by atoms with E-state index in [1.165, 1.54) is 0 Å². The molecule has 5 nitrogen and oxygen atoms in total. The zero-order chi connectivity index (χ0) is 14.1. The van der Waals surface area contributed by atoms with Gasteiger partial charge in [0.2, 0.25) is 0 Å². The first-order valence-electron chi connectivity index (χ1n) is 6.03. The summed E-state index contributed by atoms with van der Waals surface area (Å²) in [6, 6.07) is 11.1. The Morgan fingerprint density at radius 1 is 1.25 bits per heavy atom. The second-order valence-electron chi connectivity index (χ2n) is 4.34. The highest BCUT2D eigenvalue weighted by molar-refractivity contribution is 9.10. The number of amides is 1. The molecule has 1 aromatic carbocycles. The average Bonchev–Trinajstić information content (AvgIpc) is 2.87. The molecule has 0 fully saturated rings. The number of benzene rings is 1. The molecule has 100 valence electrons. The van der Waals surface area contributed by atoms with Gasteiger partial charge in [0.25, 0.3) is 5.91 Å². The van der Waals surface area contributed by atoms with Crippen LogP contribution in [0, 0.1) is 6.92 Å². The van der Waals surface area contributed by atoms with Crippen LogP contribution < -0.4 is 5.32 Å². The van der Waals surface area contributed by atoms with Crippen molar-refractivity contribution < 1.29 is 4.79 Å². The van der Waals surface area contributed by atoms with Crippen molar-refractivity contribution in [1.82, 2.24) is 15.2 Å². The molecule has 0 saturated carbocycles. The Morgan fingerprint density at radius 3 is 2.85 bits per heavy atom. The number of hydrogen-bond acceptors (Lipinski definition) is 3. The third-order valence-corrected chi connectivity index (χ3v) is 3.79. The zero-order valence-electron chi connectivity index (χ0n) is 10.6. The number of aromatic nitrogens is 3. The van der Waals surface area contributed by atoms with E-state index in [2.05, 4.69) is 36.4 Å². The van der Waals surface area contributed by atoms with Crippen LogP contribution in [0.5, 0.6) is 0 Å². The molecule has 0 saturated heterocycles. The summed E-state index contributed by atoms with van der Waals surface area (Å²) in [5.41, 5.74) is 2.01. The molecular formula is C14H11BrN4O. The van der Waals surface area contributed by atoms with Gasteiger partial charge in [0.15, 0.2) is 5.69 Å². The van der Waals surface area contributed by atoms with Crippen LogP contribution in [0.1, 0.15) is 16.2 Å². The maximum absolute atomic E-state index is 12.2. The number of H-pyrrole nitrogens is 1. The molecule has 0 atom stereocenters. The Morgan fingerprint density at radius 2 is 2.05 bits per heavy atom. The number of aryl methyl sites for hydroxylation is 1. The van der Waals surface area contributed by atoms with Crippen LogP contribution in [-0.4, -0.2) is 21.1 Å². The van der Waals surface area contributed by atoms with Gasteiger partial charge in [0.05, 0.1) is 11.2 Å². The number of nitrogens with one attached hydrogen (secondary N) is 2. The summed E-state index contributed by atoms with van der Waals surface area (Å²) in [7, 11) is 0. The summed E-state index contributed by atoms with van der Waals surface area (Å²) in [6.07, 6.45) is 0. The highest BCUT2D eigenvalue weighted by Crippen LogP contribution is 2.19. The Balaban J connectivity index is 1.91. The number of carbonyl (C=O) groups excluding carboxylic acids is 1. The van der Waals surface area contributed by atoms with Crippen molar-refractivity contribution in [1.29, 1.82) is 0 Å². The molecule has 0 bridgehead atoms. The summed E-state index contributed by atoms with van der Waals surface area (Å²) >= 11 is 3.37. The van der Waals surface area contributed by atoms with E-state index in [1.807, 2.05) is 37.3 Å². The highest BCUT2D eigenvalue weighted by Gasteiger charge is 2.14. The van der Waals surface area contributed by atoms with Gasteiger partial charge in [0, 0.05) is 9.86 Å². The van der Waals surface area contributed by atoms with E-state index in [4.69, 9.17) is 0 Å². The van der Waals surface area contributed by atoms with E-state index < -0.39 is 0 Å². The van der Waals surface area contributed by atoms with Crippen LogP contribution in [-0.2, 0) is 0 Å². The molecule has 0 unspecified atom stereocenters. The molecular weight excluding hydrogens is 320 g/mol. The Kier molecular flexibility index (Phi) is 3.23. The molecule has 0 spiro atoms. The highest BCUT2D eigenvalue weighted by atomic mass is 79.9. The second kappa shape index (κ2) is 5.05. The van der Waals surface area contributed by atoms with Crippen molar-refractivity contribution in [3.05, 3.63) is 52.3 Å². The van der Waals surface area contributed by atoms with E-state index >= 15 is 0 Å². The predicted molar refractivity (Wildman–Crippen MR) is 80.7 cm³/mol. The fraction of sp³-hybridized carbons (Fsp3) is 0.0714. The smallest absolute Gasteiger partial charge is 0.277 e. The van der Waals surface area contributed by atoms with Gasteiger partial charge in [-0.05, 0) is 41.1 Å². The fourth-order valence-electron chi connectivity index (χ4n) is 1.93. The van der Waals surface area contributed by atoms with Crippen LogP contribution in [0.2, 0.25) is 0 Å². The molecule has 2 aromatic heterocycles. The standard InChI is InChI=1S/C14H11BrN4O/c1-8-10(15)6-7-12(16-8)17-14(20)13-9-4-2-3-5-11(9)18-19-13/h2-7H,1H3,(H,18,19)(H,16,17,20). The van der Waals surface area contributed by atoms with E-state index in [1.54, 1.807) is 6.07 Å². The Labute approximate surface area is 123 Å². The monoisotopic (exact) mass is 330 g/mol. The van der Waals surface area contributed by atoms with Gasteiger partial charge in [0.1, 0.15) is 5.82 Å². The lowest BCUT2D eigenvalue weighted by Crippen LogP contribution is -2.14. The Hall–Kier alpha value is -2.21. The molecule has 20 heavy (non-hydrogen) atoms. The summed E-state index contributed by atoms with van der Waals surface area (Å²) < 4.78 is 0.903. The van der Waals surface area contributed by atoms with Crippen molar-refractivity contribution in [3.63, 3.8) is 0 Å². The van der Waals surface area contributed by atoms with E-state index in [9.17, 15) is 4.79 Å². The number of aromatic amines is 1. The maximum atomic E-state index is 12.2. The van der Waals surface area contributed by atoms with Crippen molar-refractivity contribution in [2.24, 2.45) is 0 Å². The first-order valence-corrected chi connectivity index (χ1v) is 6.82. The van der Waals surface area contributed by atoms with Crippen LogP contribution in [0.25, 0.3) is 10.9 Å². The number of fused-ring (bicyclic) bond motifs is 1. The first kappa shape index (κ1) is 12.8. The Bertz CT molecular complexity index is 797. The van der Waals surface area contributed by atoms with Gasteiger partial charge >= 0.3 is 0 Å². The second-order valence-corrected chi connectivity index (χ2v) is 5.19. The van der Waals surface area contributed by atoms with Crippen LogP contribution in [0.4, 0.5) is 5.82 Å². The molecule has 3 aromatic rings. The first-order chi connectivity index (χ1) is 9.65. The van der Waals surface area contributed by atoms with Crippen LogP contribution in [0.15, 0.2) is 40.9 Å². The van der Waals surface area contributed by atoms with Crippen molar-refractivity contribution in [2.45, 2.75) is 6.92 Å². The van der Waals surface area contributed by atoms with Crippen molar-refractivity contribution in [3.8, 4) is 0 Å². The molecule has 3 rings (SSSR count). The largest absolute Gasteiger partial charge is 0.305 e. The van der Waals surface area contributed by atoms with E-state index in [-0.39, 0.29) is 5.91 Å². The molecule has 0 radical (unpaired) electrons. The minimum Gasteiger partial charge on any atom is -0.305 e. The van der Waals surface area contributed by atoms with Gasteiger partial charge in [-0.2, -0.15) is 5.10 Å². The van der Waals surface area contributed by atoms with Gasteiger partial charge in [-0.15, -0.1) is 0 Å². The third-order valence-electron chi connectivity index (χ3n) is 2.95. The van der Waals surface area contributed by atoms with Crippen LogP contribution in [0.3, 0.4) is 0 Å². The third kappa shape index (κ3) is 2.30. The normalized spacial score (nSPS) is 10.7. The van der Waals surface area contributed by atoms with Gasteiger partial charge in [-0.25, -0.2) is 4.98 Å². The molecule has 2 N–H and O–H groups in total. The summed E-state index contributed by atoms with van der Waals surface area (Å²) in [5.74, 6) is 0.222. The lowest BCUT2D eigenvalue weighted by Gasteiger charge is -2.04. The summed E-state index contributed by atoms with van der Waals surface area (Å²) in [5, 5.41) is 10.4. The van der Waals surface area contributed by atoms with Gasteiger partial charge < -0.3 is 5.32 Å². The predicted octanol–water partition coefficient (Wildman–Crippen LogP) is 3.28. The minimum atomic E-state index is -0.281. The molecule has 1 amide bonds.